The SMILES string of the molecule is CCn1c(CCN)cnc1-c1ccc(F)cc1. The largest absolute Gasteiger partial charge is 0.330 e. The number of nitrogens with two attached hydrogens (primary N) is 1. The fourth-order valence-electron chi connectivity index (χ4n) is 1.94. The highest BCUT2D eigenvalue weighted by Crippen LogP contribution is 2.20. The molecule has 0 radical (unpaired) electrons. The molecule has 0 unspecified atom stereocenters. The van der Waals surface area contributed by atoms with Crippen molar-refractivity contribution in [2.24, 2.45) is 5.73 Å². The zero-order chi connectivity index (χ0) is 12.3. The van der Waals surface area contributed by atoms with E-state index in [1.807, 2.05) is 6.20 Å². The number of nitrogens with zero attached hydrogens (tertiary/aromatic N) is 2. The van der Waals surface area contributed by atoms with Gasteiger partial charge in [-0.1, -0.05) is 0 Å². The van der Waals surface area contributed by atoms with Crippen LogP contribution in [-0.2, 0) is 13.0 Å². The van der Waals surface area contributed by atoms with Crippen LogP contribution in [0.15, 0.2) is 30.5 Å². The lowest BCUT2D eigenvalue weighted by Crippen LogP contribution is -2.09. The molecule has 0 fully saturated rings. The van der Waals surface area contributed by atoms with Crippen molar-refractivity contribution >= 4 is 0 Å². The van der Waals surface area contributed by atoms with Crippen LogP contribution in [-0.4, -0.2) is 16.1 Å². The molecule has 90 valence electrons. The van der Waals surface area contributed by atoms with Crippen molar-refractivity contribution in [3.05, 3.63) is 42.0 Å². The van der Waals surface area contributed by atoms with E-state index in [9.17, 15) is 4.39 Å². The molecular weight excluding hydrogens is 217 g/mol. The molecule has 0 atom stereocenters. The van der Waals surface area contributed by atoms with E-state index in [1.54, 1.807) is 12.1 Å². The van der Waals surface area contributed by atoms with Gasteiger partial charge >= 0.3 is 0 Å². The Hall–Kier alpha value is -1.68. The van der Waals surface area contributed by atoms with E-state index in [1.165, 1.54) is 12.1 Å². The van der Waals surface area contributed by atoms with Crippen LogP contribution in [0.4, 0.5) is 4.39 Å². The Labute approximate surface area is 100 Å². The molecule has 1 aromatic carbocycles. The summed E-state index contributed by atoms with van der Waals surface area (Å²) in [6.45, 7) is 3.51. The van der Waals surface area contributed by atoms with Gasteiger partial charge in [0.25, 0.3) is 0 Å². The molecule has 0 aliphatic heterocycles. The molecule has 0 bridgehead atoms. The number of hydrogen-bond acceptors (Lipinski definition) is 2. The molecular formula is C13H16FN3. The van der Waals surface area contributed by atoms with Crippen molar-refractivity contribution in [2.75, 3.05) is 6.54 Å². The van der Waals surface area contributed by atoms with Gasteiger partial charge in [-0.25, -0.2) is 9.37 Å². The Balaban J connectivity index is 2.41. The molecule has 1 heterocycles. The first-order chi connectivity index (χ1) is 8.26. The van der Waals surface area contributed by atoms with E-state index in [0.29, 0.717) is 6.54 Å². The summed E-state index contributed by atoms with van der Waals surface area (Å²) in [7, 11) is 0. The first-order valence-electron chi connectivity index (χ1n) is 5.76. The molecule has 4 heteroatoms. The first-order valence-corrected chi connectivity index (χ1v) is 5.76. The lowest BCUT2D eigenvalue weighted by molar-refractivity contribution is 0.628. The molecule has 0 saturated heterocycles. The van der Waals surface area contributed by atoms with E-state index in [4.69, 9.17) is 5.73 Å². The average molecular weight is 233 g/mol. The summed E-state index contributed by atoms with van der Waals surface area (Å²) in [5.41, 5.74) is 7.61. The van der Waals surface area contributed by atoms with Gasteiger partial charge in [-0.05, 0) is 37.7 Å². The second-order valence-electron chi connectivity index (χ2n) is 3.86. The van der Waals surface area contributed by atoms with Crippen LogP contribution >= 0.6 is 0 Å². The maximum Gasteiger partial charge on any atom is 0.140 e. The van der Waals surface area contributed by atoms with Gasteiger partial charge in [0.1, 0.15) is 11.6 Å². The number of halogens is 1. The third kappa shape index (κ3) is 2.36. The molecule has 2 rings (SSSR count). The Bertz CT molecular complexity index is 488. The second-order valence-corrected chi connectivity index (χ2v) is 3.86. The number of rotatable bonds is 4. The summed E-state index contributed by atoms with van der Waals surface area (Å²) < 4.78 is 15.0. The zero-order valence-electron chi connectivity index (χ0n) is 9.86. The predicted octanol–water partition coefficient (Wildman–Crippen LogP) is 2.21. The van der Waals surface area contributed by atoms with E-state index in [0.717, 1.165) is 30.0 Å². The summed E-state index contributed by atoms with van der Waals surface area (Å²) in [5.74, 6) is 0.640. The maximum absolute atomic E-state index is 12.9. The van der Waals surface area contributed by atoms with Crippen molar-refractivity contribution in [3.8, 4) is 11.4 Å². The summed E-state index contributed by atoms with van der Waals surface area (Å²) in [6, 6.07) is 6.39. The highest BCUT2D eigenvalue weighted by atomic mass is 19.1. The van der Waals surface area contributed by atoms with Gasteiger partial charge in [-0.15, -0.1) is 0 Å². The monoisotopic (exact) mass is 233 g/mol. The minimum absolute atomic E-state index is 0.231. The summed E-state index contributed by atoms with van der Waals surface area (Å²) in [6.07, 6.45) is 2.65. The van der Waals surface area contributed by atoms with Crippen LogP contribution in [0.5, 0.6) is 0 Å². The van der Waals surface area contributed by atoms with Crippen molar-refractivity contribution < 1.29 is 4.39 Å². The van der Waals surface area contributed by atoms with Crippen molar-refractivity contribution in [1.82, 2.24) is 9.55 Å². The molecule has 0 saturated carbocycles. The first kappa shape index (κ1) is 11.8. The van der Waals surface area contributed by atoms with Crippen LogP contribution in [0, 0.1) is 5.82 Å². The Morgan fingerprint density at radius 2 is 2.00 bits per heavy atom. The summed E-state index contributed by atoms with van der Waals surface area (Å²) in [4.78, 5) is 4.39. The smallest absolute Gasteiger partial charge is 0.140 e. The van der Waals surface area contributed by atoms with Crippen LogP contribution < -0.4 is 5.73 Å². The molecule has 2 aromatic rings. The molecule has 0 aliphatic rings. The van der Waals surface area contributed by atoms with Crippen LogP contribution in [0.1, 0.15) is 12.6 Å². The zero-order valence-corrected chi connectivity index (χ0v) is 9.86. The van der Waals surface area contributed by atoms with Gasteiger partial charge in [-0.3, -0.25) is 0 Å². The van der Waals surface area contributed by atoms with E-state index in [-0.39, 0.29) is 5.82 Å². The van der Waals surface area contributed by atoms with Crippen LogP contribution in [0.2, 0.25) is 0 Å². The molecule has 0 amide bonds. The van der Waals surface area contributed by atoms with Gasteiger partial charge < -0.3 is 10.3 Å². The van der Waals surface area contributed by atoms with E-state index in [2.05, 4.69) is 16.5 Å². The fourth-order valence-corrected chi connectivity index (χ4v) is 1.94. The molecule has 0 spiro atoms. The quantitative estimate of drug-likeness (QED) is 0.879. The van der Waals surface area contributed by atoms with Gasteiger partial charge in [0.2, 0.25) is 0 Å². The molecule has 1 aromatic heterocycles. The predicted molar refractivity (Wildman–Crippen MR) is 66.1 cm³/mol. The van der Waals surface area contributed by atoms with Crippen LogP contribution in [0.25, 0.3) is 11.4 Å². The Morgan fingerprint density at radius 3 is 2.59 bits per heavy atom. The van der Waals surface area contributed by atoms with Crippen molar-refractivity contribution in [1.29, 1.82) is 0 Å². The van der Waals surface area contributed by atoms with Gasteiger partial charge in [0.05, 0.1) is 0 Å². The minimum Gasteiger partial charge on any atom is -0.330 e. The molecule has 3 nitrogen and oxygen atoms in total. The summed E-state index contributed by atoms with van der Waals surface area (Å²) in [5, 5.41) is 0. The topological polar surface area (TPSA) is 43.8 Å². The number of aromatic nitrogens is 2. The Kier molecular flexibility index (Phi) is 3.54. The minimum atomic E-state index is -0.231. The molecule has 0 aliphatic carbocycles. The van der Waals surface area contributed by atoms with Gasteiger partial charge in [0.15, 0.2) is 0 Å². The summed E-state index contributed by atoms with van der Waals surface area (Å²) >= 11 is 0. The molecule has 17 heavy (non-hydrogen) atoms. The average Bonchev–Trinajstić information content (AvgIpc) is 2.73. The third-order valence-electron chi connectivity index (χ3n) is 2.76. The van der Waals surface area contributed by atoms with Gasteiger partial charge in [-0.2, -0.15) is 0 Å². The van der Waals surface area contributed by atoms with Crippen molar-refractivity contribution in [3.63, 3.8) is 0 Å². The van der Waals surface area contributed by atoms with Gasteiger partial charge in [0, 0.05) is 30.4 Å². The number of benzene rings is 1. The number of hydrogen-bond donors (Lipinski definition) is 1. The highest BCUT2D eigenvalue weighted by Gasteiger charge is 2.09. The lowest BCUT2D eigenvalue weighted by atomic mass is 10.2. The Morgan fingerprint density at radius 1 is 1.29 bits per heavy atom. The van der Waals surface area contributed by atoms with E-state index < -0.39 is 0 Å². The van der Waals surface area contributed by atoms with Crippen LogP contribution in [0.3, 0.4) is 0 Å². The standard InChI is InChI=1S/C13H16FN3/c1-2-17-12(7-8-15)9-16-13(17)10-3-5-11(14)6-4-10/h3-6,9H,2,7-8,15H2,1H3. The third-order valence-corrected chi connectivity index (χ3v) is 2.76. The number of imidazole rings is 1. The van der Waals surface area contributed by atoms with E-state index >= 15 is 0 Å². The highest BCUT2D eigenvalue weighted by molar-refractivity contribution is 5.56. The fraction of sp³-hybridized carbons (Fsp3) is 0.308. The normalized spacial score (nSPS) is 10.8. The lowest BCUT2D eigenvalue weighted by Gasteiger charge is -2.08. The molecule has 2 N–H and O–H groups in total. The second kappa shape index (κ2) is 5.10. The maximum atomic E-state index is 12.9. The van der Waals surface area contributed by atoms with Crippen molar-refractivity contribution in [2.45, 2.75) is 19.9 Å².